The molecule has 0 saturated carbocycles. The molecule has 0 aliphatic carbocycles. The van der Waals surface area contributed by atoms with Gasteiger partial charge in [-0.05, 0) is 18.1 Å². The molecule has 4 heteroatoms. The maximum atomic E-state index is 13.5. The van der Waals surface area contributed by atoms with Gasteiger partial charge in [0.05, 0.1) is 4.83 Å². The summed E-state index contributed by atoms with van der Waals surface area (Å²) in [6, 6.07) is 6.46. The summed E-state index contributed by atoms with van der Waals surface area (Å²) in [5, 5.41) is 0. The average Bonchev–Trinajstić information content (AvgIpc) is 2.40. The van der Waals surface area contributed by atoms with E-state index in [0.717, 1.165) is 0 Å². The second-order valence-corrected chi connectivity index (χ2v) is 5.19. The molecule has 19 heavy (non-hydrogen) atoms. The number of alkyl halides is 1. The molecule has 1 amide bonds. The third-order valence-corrected chi connectivity index (χ3v) is 3.35. The Morgan fingerprint density at radius 2 is 1.89 bits per heavy atom. The zero-order valence-corrected chi connectivity index (χ0v) is 12.3. The first-order valence-electron chi connectivity index (χ1n) is 5.98. The van der Waals surface area contributed by atoms with Gasteiger partial charge in [0.1, 0.15) is 5.82 Å². The number of amides is 1. The van der Waals surface area contributed by atoms with Crippen molar-refractivity contribution < 1.29 is 9.18 Å². The minimum Gasteiger partial charge on any atom is -0.334 e. The van der Waals surface area contributed by atoms with Crippen LogP contribution in [0.5, 0.6) is 0 Å². The van der Waals surface area contributed by atoms with Crippen LogP contribution in [0, 0.1) is 5.82 Å². The van der Waals surface area contributed by atoms with Crippen molar-refractivity contribution in [3.8, 4) is 0 Å². The molecule has 0 radical (unpaired) electrons. The van der Waals surface area contributed by atoms with Crippen LogP contribution in [-0.4, -0.2) is 28.7 Å². The van der Waals surface area contributed by atoms with E-state index in [1.54, 1.807) is 35.3 Å². The molecule has 0 fully saturated rings. The molecule has 0 heterocycles. The van der Waals surface area contributed by atoms with Gasteiger partial charge in [-0.15, -0.1) is 13.2 Å². The molecular weight excluding hydrogens is 309 g/mol. The van der Waals surface area contributed by atoms with Gasteiger partial charge in [-0.25, -0.2) is 4.39 Å². The zero-order valence-electron chi connectivity index (χ0n) is 10.7. The van der Waals surface area contributed by atoms with Crippen molar-refractivity contribution in [2.24, 2.45) is 0 Å². The van der Waals surface area contributed by atoms with E-state index in [1.807, 2.05) is 0 Å². The third kappa shape index (κ3) is 4.63. The highest BCUT2D eigenvalue weighted by Gasteiger charge is 2.21. The van der Waals surface area contributed by atoms with E-state index in [4.69, 9.17) is 0 Å². The number of nitrogens with zero attached hydrogens (tertiary/aromatic N) is 1. The molecule has 1 rings (SSSR count). The Hall–Kier alpha value is -1.42. The minimum atomic E-state index is -0.454. The summed E-state index contributed by atoms with van der Waals surface area (Å²) >= 11 is 3.33. The predicted octanol–water partition coefficient (Wildman–Crippen LogP) is 3.33. The standard InChI is InChI=1S/C15H17BrFNO/c1-3-9-18(10-4-2)15(19)13(16)11-12-7-5-6-8-14(12)17/h3-8,13H,1-2,9-11H2. The van der Waals surface area contributed by atoms with Crippen molar-refractivity contribution in [2.45, 2.75) is 11.2 Å². The van der Waals surface area contributed by atoms with Crippen LogP contribution >= 0.6 is 15.9 Å². The van der Waals surface area contributed by atoms with E-state index in [0.29, 0.717) is 25.1 Å². The summed E-state index contributed by atoms with van der Waals surface area (Å²) in [5.74, 6) is -0.387. The molecule has 0 spiro atoms. The fourth-order valence-corrected chi connectivity index (χ4v) is 2.35. The molecule has 0 N–H and O–H groups in total. The van der Waals surface area contributed by atoms with Crippen molar-refractivity contribution >= 4 is 21.8 Å². The van der Waals surface area contributed by atoms with E-state index in [2.05, 4.69) is 29.1 Å². The summed E-state index contributed by atoms with van der Waals surface area (Å²) < 4.78 is 13.5. The number of rotatable bonds is 7. The van der Waals surface area contributed by atoms with E-state index >= 15 is 0 Å². The van der Waals surface area contributed by atoms with Crippen LogP contribution in [0.2, 0.25) is 0 Å². The monoisotopic (exact) mass is 325 g/mol. The van der Waals surface area contributed by atoms with E-state index in [1.165, 1.54) is 6.07 Å². The summed E-state index contributed by atoms with van der Waals surface area (Å²) in [6.07, 6.45) is 3.63. The number of halogens is 2. The van der Waals surface area contributed by atoms with Crippen LogP contribution in [0.15, 0.2) is 49.6 Å². The Morgan fingerprint density at radius 1 is 1.32 bits per heavy atom. The van der Waals surface area contributed by atoms with Crippen molar-refractivity contribution in [3.05, 3.63) is 61.0 Å². The van der Waals surface area contributed by atoms with Gasteiger partial charge in [0.25, 0.3) is 0 Å². The fraction of sp³-hybridized carbons (Fsp3) is 0.267. The lowest BCUT2D eigenvalue weighted by Gasteiger charge is -2.22. The zero-order chi connectivity index (χ0) is 14.3. The SMILES string of the molecule is C=CCN(CC=C)C(=O)C(Br)Cc1ccccc1F. The van der Waals surface area contributed by atoms with Crippen LogP contribution in [0.1, 0.15) is 5.56 Å². The highest BCUT2D eigenvalue weighted by molar-refractivity contribution is 9.10. The lowest BCUT2D eigenvalue weighted by atomic mass is 10.1. The van der Waals surface area contributed by atoms with Gasteiger partial charge < -0.3 is 4.90 Å². The number of benzene rings is 1. The topological polar surface area (TPSA) is 20.3 Å². The first kappa shape index (κ1) is 15.6. The summed E-state index contributed by atoms with van der Waals surface area (Å²) in [5.41, 5.74) is 0.523. The lowest BCUT2D eigenvalue weighted by Crippen LogP contribution is -2.37. The predicted molar refractivity (Wildman–Crippen MR) is 79.8 cm³/mol. The van der Waals surface area contributed by atoms with Crippen molar-refractivity contribution in [2.75, 3.05) is 13.1 Å². The normalized spacial score (nSPS) is 11.7. The van der Waals surface area contributed by atoms with E-state index in [9.17, 15) is 9.18 Å². The summed E-state index contributed by atoms with van der Waals surface area (Å²) in [6.45, 7) is 8.14. The van der Waals surface area contributed by atoms with Gasteiger partial charge in [-0.3, -0.25) is 4.79 Å². The highest BCUT2D eigenvalue weighted by atomic mass is 79.9. The molecule has 0 bridgehead atoms. The minimum absolute atomic E-state index is 0.0944. The van der Waals surface area contributed by atoms with Gasteiger partial charge in [-0.2, -0.15) is 0 Å². The quantitative estimate of drug-likeness (QED) is 0.556. The largest absolute Gasteiger partial charge is 0.334 e. The van der Waals surface area contributed by atoms with Crippen LogP contribution in [0.4, 0.5) is 4.39 Å². The average molecular weight is 326 g/mol. The van der Waals surface area contributed by atoms with Crippen molar-refractivity contribution in [1.82, 2.24) is 4.90 Å². The van der Waals surface area contributed by atoms with Crippen LogP contribution in [-0.2, 0) is 11.2 Å². The van der Waals surface area contributed by atoms with E-state index < -0.39 is 4.83 Å². The summed E-state index contributed by atoms with van der Waals surface area (Å²) in [4.78, 5) is 13.4. The Kier molecular flexibility index (Phi) is 6.50. The number of carbonyl (C=O) groups excluding carboxylic acids is 1. The Bertz CT molecular complexity index is 451. The molecule has 0 aliphatic rings. The van der Waals surface area contributed by atoms with Gasteiger partial charge in [-0.1, -0.05) is 46.3 Å². The van der Waals surface area contributed by atoms with E-state index in [-0.39, 0.29) is 11.7 Å². The second kappa shape index (κ2) is 7.89. The second-order valence-electron chi connectivity index (χ2n) is 4.08. The lowest BCUT2D eigenvalue weighted by molar-refractivity contribution is -0.129. The number of hydrogen-bond donors (Lipinski definition) is 0. The smallest absolute Gasteiger partial charge is 0.237 e. The van der Waals surface area contributed by atoms with Crippen LogP contribution in [0.25, 0.3) is 0 Å². The molecule has 1 aromatic rings. The Balaban J connectivity index is 2.73. The maximum Gasteiger partial charge on any atom is 0.237 e. The Morgan fingerprint density at radius 3 is 2.42 bits per heavy atom. The molecule has 1 atom stereocenters. The highest BCUT2D eigenvalue weighted by Crippen LogP contribution is 2.15. The maximum absolute atomic E-state index is 13.5. The van der Waals surface area contributed by atoms with Crippen molar-refractivity contribution in [1.29, 1.82) is 0 Å². The number of carbonyl (C=O) groups is 1. The number of hydrogen-bond acceptors (Lipinski definition) is 1. The van der Waals surface area contributed by atoms with Gasteiger partial charge >= 0.3 is 0 Å². The molecule has 0 aromatic heterocycles. The van der Waals surface area contributed by atoms with Gasteiger partial charge in [0.15, 0.2) is 0 Å². The molecule has 1 aromatic carbocycles. The van der Waals surface area contributed by atoms with Crippen LogP contribution < -0.4 is 0 Å². The Labute approximate surface area is 121 Å². The molecule has 0 saturated heterocycles. The molecule has 1 unspecified atom stereocenters. The first-order chi connectivity index (χ1) is 9.10. The fourth-order valence-electron chi connectivity index (χ4n) is 1.71. The first-order valence-corrected chi connectivity index (χ1v) is 6.89. The van der Waals surface area contributed by atoms with Crippen molar-refractivity contribution in [3.63, 3.8) is 0 Å². The molecule has 0 aliphatic heterocycles. The molecule has 2 nitrogen and oxygen atoms in total. The van der Waals surface area contributed by atoms with Gasteiger partial charge in [0.2, 0.25) is 5.91 Å². The van der Waals surface area contributed by atoms with Crippen LogP contribution in [0.3, 0.4) is 0 Å². The molecule has 102 valence electrons. The summed E-state index contributed by atoms with van der Waals surface area (Å²) in [7, 11) is 0. The van der Waals surface area contributed by atoms with Gasteiger partial charge in [0, 0.05) is 13.1 Å². The molecular formula is C15H17BrFNO. The third-order valence-electron chi connectivity index (χ3n) is 2.64.